The van der Waals surface area contributed by atoms with Crippen molar-refractivity contribution in [1.29, 1.82) is 5.26 Å². The second-order valence-electron chi connectivity index (χ2n) is 4.67. The first-order valence-electron chi connectivity index (χ1n) is 6.97. The maximum Gasteiger partial charge on any atom is 0.358 e. The molecule has 0 aliphatic heterocycles. The normalized spacial score (nSPS) is 13.5. The fourth-order valence-corrected chi connectivity index (χ4v) is 2.60. The number of nitriles is 1. The lowest BCUT2D eigenvalue weighted by molar-refractivity contribution is 0.335. The van der Waals surface area contributed by atoms with Crippen LogP contribution in [0.5, 0.6) is 0 Å². The van der Waals surface area contributed by atoms with Crippen molar-refractivity contribution in [1.82, 2.24) is 0 Å². The molecule has 0 bridgehead atoms. The second kappa shape index (κ2) is 8.42. The van der Waals surface area contributed by atoms with Crippen molar-refractivity contribution in [2.75, 3.05) is 0 Å². The third-order valence-electron chi connectivity index (χ3n) is 3.01. The van der Waals surface area contributed by atoms with Crippen LogP contribution in [0.25, 0.3) is 0 Å². The molecule has 0 heterocycles. The van der Waals surface area contributed by atoms with Gasteiger partial charge in [-0.1, -0.05) is 43.6 Å². The molecule has 1 unspecified atom stereocenters. The van der Waals surface area contributed by atoms with Crippen LogP contribution in [0.4, 0.5) is 0 Å². The number of hydrogen-bond donors (Lipinski definition) is 0. The van der Waals surface area contributed by atoms with Crippen LogP contribution in [-0.4, -0.2) is 14.1 Å². The molecular weight excluding hydrogens is 288 g/mol. The molecular formula is C15H20N2O3S. The van der Waals surface area contributed by atoms with Crippen LogP contribution in [0.3, 0.4) is 0 Å². The van der Waals surface area contributed by atoms with Gasteiger partial charge in [0.2, 0.25) is 0 Å². The standard InChI is InChI=1S/C15H20N2O3S/c1-3-8-13(12-16)11-14(4-2)17-20-21(18,19)15-9-6-5-7-10-15/h5-7,9-10,13H,3-4,8,11H2,1-2H3. The lowest BCUT2D eigenvalue weighted by Gasteiger charge is -2.08. The van der Waals surface area contributed by atoms with E-state index in [2.05, 4.69) is 11.2 Å². The summed E-state index contributed by atoms with van der Waals surface area (Å²) in [5.74, 6) is -0.156. The summed E-state index contributed by atoms with van der Waals surface area (Å²) in [4.78, 5) is 0.0644. The maximum atomic E-state index is 11.9. The number of hydrogen-bond acceptors (Lipinski definition) is 5. The monoisotopic (exact) mass is 308 g/mol. The Hall–Kier alpha value is -1.87. The highest BCUT2D eigenvalue weighted by atomic mass is 32.2. The third-order valence-corrected chi connectivity index (χ3v) is 4.13. The van der Waals surface area contributed by atoms with Gasteiger partial charge in [-0.15, -0.1) is 0 Å². The average Bonchev–Trinajstić information content (AvgIpc) is 2.51. The summed E-state index contributed by atoms with van der Waals surface area (Å²) >= 11 is 0. The topological polar surface area (TPSA) is 79.5 Å². The zero-order valence-corrected chi connectivity index (χ0v) is 13.1. The molecule has 0 aliphatic carbocycles. The Morgan fingerprint density at radius 3 is 2.52 bits per heavy atom. The maximum absolute atomic E-state index is 11.9. The highest BCUT2D eigenvalue weighted by molar-refractivity contribution is 7.86. The van der Waals surface area contributed by atoms with Crippen LogP contribution in [-0.2, 0) is 14.4 Å². The smallest absolute Gasteiger partial charge is 0.265 e. The van der Waals surface area contributed by atoms with Gasteiger partial charge < -0.3 is 0 Å². The van der Waals surface area contributed by atoms with E-state index in [1.54, 1.807) is 18.2 Å². The van der Waals surface area contributed by atoms with E-state index in [0.717, 1.165) is 12.8 Å². The van der Waals surface area contributed by atoms with Gasteiger partial charge in [0.1, 0.15) is 4.90 Å². The molecule has 114 valence electrons. The fourth-order valence-electron chi connectivity index (χ4n) is 1.82. The summed E-state index contributed by atoms with van der Waals surface area (Å²) in [6.07, 6.45) is 2.65. The molecule has 5 nitrogen and oxygen atoms in total. The number of rotatable bonds is 8. The molecule has 0 aliphatic rings. The summed E-state index contributed by atoms with van der Waals surface area (Å²) in [6.45, 7) is 3.86. The predicted molar refractivity (Wildman–Crippen MR) is 81.1 cm³/mol. The van der Waals surface area contributed by atoms with Gasteiger partial charge in [0, 0.05) is 6.42 Å². The predicted octanol–water partition coefficient (Wildman–Crippen LogP) is 3.49. The van der Waals surface area contributed by atoms with Crippen LogP contribution < -0.4 is 0 Å². The summed E-state index contributed by atoms with van der Waals surface area (Å²) in [7, 11) is -3.89. The third kappa shape index (κ3) is 5.56. The first-order valence-corrected chi connectivity index (χ1v) is 8.38. The molecule has 1 aromatic rings. The minimum absolute atomic E-state index is 0.0644. The average molecular weight is 308 g/mol. The Morgan fingerprint density at radius 1 is 1.33 bits per heavy atom. The van der Waals surface area contributed by atoms with Crippen LogP contribution >= 0.6 is 0 Å². The van der Waals surface area contributed by atoms with Gasteiger partial charge in [-0.25, -0.2) is 0 Å². The summed E-state index contributed by atoms with van der Waals surface area (Å²) in [5, 5.41) is 12.8. The molecule has 1 atom stereocenters. The molecule has 0 saturated carbocycles. The lowest BCUT2D eigenvalue weighted by atomic mass is 9.98. The molecule has 0 spiro atoms. The van der Waals surface area contributed by atoms with Gasteiger partial charge in [0.05, 0.1) is 17.7 Å². The van der Waals surface area contributed by atoms with Gasteiger partial charge in [0.15, 0.2) is 0 Å². The summed E-state index contributed by atoms with van der Waals surface area (Å²) < 4.78 is 28.6. The van der Waals surface area contributed by atoms with E-state index in [-0.39, 0.29) is 10.8 Å². The molecule has 6 heteroatoms. The Labute approximate surface area is 126 Å². The van der Waals surface area contributed by atoms with E-state index in [4.69, 9.17) is 9.55 Å². The summed E-state index contributed by atoms with van der Waals surface area (Å²) in [5.41, 5.74) is 0.578. The van der Waals surface area contributed by atoms with Crippen molar-refractivity contribution in [2.24, 2.45) is 11.1 Å². The van der Waals surface area contributed by atoms with Crippen LogP contribution in [0, 0.1) is 17.2 Å². The number of nitrogens with zero attached hydrogens (tertiary/aromatic N) is 2. The lowest BCUT2D eigenvalue weighted by Crippen LogP contribution is -2.09. The van der Waals surface area contributed by atoms with Crippen molar-refractivity contribution in [3.63, 3.8) is 0 Å². The van der Waals surface area contributed by atoms with Crippen molar-refractivity contribution < 1.29 is 12.7 Å². The molecule has 0 radical (unpaired) electrons. The van der Waals surface area contributed by atoms with Gasteiger partial charge in [0.25, 0.3) is 0 Å². The van der Waals surface area contributed by atoms with Gasteiger partial charge >= 0.3 is 10.1 Å². The molecule has 1 rings (SSSR count). The highest BCUT2D eigenvalue weighted by Gasteiger charge is 2.16. The van der Waals surface area contributed by atoms with Crippen molar-refractivity contribution in [3.8, 4) is 6.07 Å². The van der Waals surface area contributed by atoms with E-state index in [1.807, 2.05) is 13.8 Å². The SMILES string of the molecule is CCCC(C#N)CC(CC)=NOS(=O)(=O)c1ccccc1. The molecule has 0 aromatic heterocycles. The van der Waals surface area contributed by atoms with Gasteiger partial charge in [-0.3, -0.25) is 4.28 Å². The molecule has 0 fully saturated rings. The van der Waals surface area contributed by atoms with E-state index in [0.29, 0.717) is 18.6 Å². The molecule has 21 heavy (non-hydrogen) atoms. The quantitative estimate of drug-likeness (QED) is 0.544. The second-order valence-corrected chi connectivity index (χ2v) is 6.20. The summed E-state index contributed by atoms with van der Waals surface area (Å²) in [6, 6.07) is 10.1. The number of benzene rings is 1. The van der Waals surface area contributed by atoms with Crippen LogP contribution in [0.1, 0.15) is 39.5 Å². The Balaban J connectivity index is 2.79. The first-order chi connectivity index (χ1) is 10.0. The van der Waals surface area contributed by atoms with E-state index in [9.17, 15) is 8.42 Å². The fraction of sp³-hybridized carbons (Fsp3) is 0.467. The van der Waals surface area contributed by atoms with Crippen molar-refractivity contribution in [3.05, 3.63) is 30.3 Å². The Bertz CT molecular complexity index is 604. The van der Waals surface area contributed by atoms with Crippen LogP contribution in [0.15, 0.2) is 40.4 Å². The van der Waals surface area contributed by atoms with Gasteiger partial charge in [-0.05, 0) is 25.0 Å². The van der Waals surface area contributed by atoms with Gasteiger partial charge in [-0.2, -0.15) is 13.7 Å². The molecule has 1 aromatic carbocycles. The molecule has 0 amide bonds. The Morgan fingerprint density at radius 2 is 2.00 bits per heavy atom. The van der Waals surface area contributed by atoms with Crippen LogP contribution in [0.2, 0.25) is 0 Å². The first kappa shape index (κ1) is 17.2. The van der Waals surface area contributed by atoms with Crippen molar-refractivity contribution >= 4 is 15.8 Å². The minimum Gasteiger partial charge on any atom is -0.265 e. The van der Waals surface area contributed by atoms with E-state index in [1.165, 1.54) is 12.1 Å². The Kier molecular flexibility index (Phi) is 6.89. The number of oxime groups is 1. The highest BCUT2D eigenvalue weighted by Crippen LogP contribution is 2.15. The zero-order valence-electron chi connectivity index (χ0n) is 12.3. The minimum atomic E-state index is -3.89. The molecule has 0 saturated heterocycles. The van der Waals surface area contributed by atoms with E-state index >= 15 is 0 Å². The largest absolute Gasteiger partial charge is 0.358 e. The van der Waals surface area contributed by atoms with E-state index < -0.39 is 10.1 Å². The van der Waals surface area contributed by atoms with Crippen molar-refractivity contribution in [2.45, 2.75) is 44.4 Å². The zero-order chi connectivity index (χ0) is 15.7. The molecule has 0 N–H and O–H groups in total.